The zero-order valence-corrected chi connectivity index (χ0v) is 17.9. The molecule has 1 saturated carbocycles. The monoisotopic (exact) mass is 468 g/mol. The Morgan fingerprint density at radius 1 is 1.15 bits per heavy atom. The molecule has 2 N–H and O–H groups in total. The first-order chi connectivity index (χ1) is 13.0. The number of hydrogen-bond donors (Lipinski definition) is 2. The van der Waals surface area contributed by atoms with E-state index in [0.29, 0.717) is 16.6 Å². The van der Waals surface area contributed by atoms with Crippen molar-refractivity contribution in [3.05, 3.63) is 64.1 Å². The van der Waals surface area contributed by atoms with Gasteiger partial charge >= 0.3 is 0 Å². The largest absolute Gasteiger partial charge is 0.351 e. The summed E-state index contributed by atoms with van der Waals surface area (Å²) in [5, 5.41) is 2.85. The number of benzene rings is 2. The fourth-order valence-corrected chi connectivity index (χ4v) is 5.01. The van der Waals surface area contributed by atoms with Crippen molar-refractivity contribution in [3.8, 4) is 0 Å². The summed E-state index contributed by atoms with van der Waals surface area (Å²) in [4.78, 5) is 12.6. The quantitative estimate of drug-likeness (QED) is 0.551. The minimum atomic E-state index is -3.58. The van der Waals surface area contributed by atoms with Gasteiger partial charge in [0.15, 0.2) is 0 Å². The van der Waals surface area contributed by atoms with Crippen LogP contribution in [0.25, 0.3) is 0 Å². The van der Waals surface area contributed by atoms with Crippen LogP contribution in [0.4, 0.5) is 0 Å². The van der Waals surface area contributed by atoms with Crippen molar-refractivity contribution < 1.29 is 13.2 Å². The number of rotatable bonds is 9. The molecule has 0 spiro atoms. The molecule has 0 aromatic heterocycles. The topological polar surface area (TPSA) is 75.3 Å². The molecule has 2 aromatic carbocycles. The van der Waals surface area contributed by atoms with E-state index in [1.165, 1.54) is 17.7 Å². The van der Waals surface area contributed by atoms with Crippen molar-refractivity contribution in [1.82, 2.24) is 10.0 Å². The summed E-state index contributed by atoms with van der Waals surface area (Å²) in [7, 11) is -3.58. The molecule has 0 atom stereocenters. The van der Waals surface area contributed by atoms with Gasteiger partial charge in [-0.2, -0.15) is 11.8 Å². The van der Waals surface area contributed by atoms with Gasteiger partial charge in [-0.15, -0.1) is 0 Å². The maximum Gasteiger partial charge on any atom is 0.252 e. The maximum atomic E-state index is 12.4. The first-order valence-electron chi connectivity index (χ1n) is 8.67. The first-order valence-corrected chi connectivity index (χ1v) is 12.1. The molecule has 0 aliphatic heterocycles. The second-order valence-corrected chi connectivity index (χ2v) is 10.0. The van der Waals surface area contributed by atoms with Gasteiger partial charge in [-0.1, -0.05) is 30.3 Å². The Labute approximate surface area is 172 Å². The summed E-state index contributed by atoms with van der Waals surface area (Å²) in [5.41, 5.74) is 1.57. The second-order valence-electron chi connectivity index (χ2n) is 6.33. The van der Waals surface area contributed by atoms with E-state index in [1.807, 2.05) is 18.2 Å². The molecule has 8 heteroatoms. The molecule has 1 amide bonds. The van der Waals surface area contributed by atoms with Crippen LogP contribution in [0.1, 0.15) is 28.8 Å². The minimum Gasteiger partial charge on any atom is -0.351 e. The number of nitrogens with one attached hydrogen (secondary N) is 2. The molecule has 1 fully saturated rings. The summed E-state index contributed by atoms with van der Waals surface area (Å²) < 4.78 is 27.9. The number of sulfonamides is 1. The predicted octanol–water partition coefficient (Wildman–Crippen LogP) is 3.55. The Hall–Kier alpha value is -1.35. The van der Waals surface area contributed by atoms with Gasteiger partial charge in [0.2, 0.25) is 10.0 Å². The van der Waals surface area contributed by atoms with Crippen molar-refractivity contribution >= 4 is 43.6 Å². The molecule has 0 saturated heterocycles. The highest BCUT2D eigenvalue weighted by molar-refractivity contribution is 9.10. The zero-order chi connectivity index (χ0) is 19.3. The van der Waals surface area contributed by atoms with E-state index in [2.05, 4.69) is 38.1 Å². The molecular formula is C19H21BrN2O3S2. The molecule has 27 heavy (non-hydrogen) atoms. The molecule has 0 bridgehead atoms. The Morgan fingerprint density at radius 3 is 2.59 bits per heavy atom. The highest BCUT2D eigenvalue weighted by atomic mass is 79.9. The van der Waals surface area contributed by atoms with E-state index in [0.717, 1.165) is 24.3 Å². The molecule has 0 heterocycles. The van der Waals surface area contributed by atoms with Crippen LogP contribution in [0.5, 0.6) is 0 Å². The average molecular weight is 469 g/mol. The number of halogens is 1. The Balaban J connectivity index is 1.53. The molecule has 144 valence electrons. The van der Waals surface area contributed by atoms with Gasteiger partial charge in [-0.3, -0.25) is 4.79 Å². The van der Waals surface area contributed by atoms with E-state index in [-0.39, 0.29) is 16.8 Å². The number of amides is 1. The van der Waals surface area contributed by atoms with Crippen LogP contribution in [0, 0.1) is 0 Å². The maximum absolute atomic E-state index is 12.4. The van der Waals surface area contributed by atoms with Crippen LogP contribution < -0.4 is 10.0 Å². The minimum absolute atomic E-state index is 0.0255. The molecule has 0 unspecified atom stereocenters. The smallest absolute Gasteiger partial charge is 0.252 e. The van der Waals surface area contributed by atoms with Gasteiger partial charge < -0.3 is 5.32 Å². The third-order valence-electron chi connectivity index (χ3n) is 4.04. The third-order valence-corrected chi connectivity index (χ3v) is 7.28. The van der Waals surface area contributed by atoms with Crippen molar-refractivity contribution in [2.45, 2.75) is 29.5 Å². The van der Waals surface area contributed by atoms with Crippen LogP contribution in [-0.4, -0.2) is 32.7 Å². The standard InChI is InChI=1S/C19H21BrN2O3S2/c20-18-9-8-16(27(24,25)22-15-6-7-15)12-17(18)19(23)21-10-11-26-13-14-4-2-1-3-5-14/h1-5,8-9,12,15,22H,6-7,10-11,13H2,(H,21,23). The Bertz CT molecular complexity index is 900. The fourth-order valence-electron chi connectivity index (χ4n) is 2.43. The Kier molecular flexibility index (Phi) is 6.97. The lowest BCUT2D eigenvalue weighted by Gasteiger charge is -2.10. The molecule has 1 aliphatic carbocycles. The summed E-state index contributed by atoms with van der Waals surface area (Å²) in [6.45, 7) is 0.514. The van der Waals surface area contributed by atoms with Crippen LogP contribution in [-0.2, 0) is 15.8 Å². The normalized spacial score (nSPS) is 14.1. The van der Waals surface area contributed by atoms with Gasteiger partial charge in [0.1, 0.15) is 0 Å². The SMILES string of the molecule is O=C(NCCSCc1ccccc1)c1cc(S(=O)(=O)NC2CC2)ccc1Br. The highest BCUT2D eigenvalue weighted by Crippen LogP contribution is 2.25. The van der Waals surface area contributed by atoms with E-state index in [1.54, 1.807) is 17.8 Å². The summed E-state index contributed by atoms with van der Waals surface area (Å²) >= 11 is 5.07. The van der Waals surface area contributed by atoms with Crippen molar-refractivity contribution in [3.63, 3.8) is 0 Å². The molecule has 3 rings (SSSR count). The van der Waals surface area contributed by atoms with E-state index in [9.17, 15) is 13.2 Å². The summed E-state index contributed by atoms with van der Waals surface area (Å²) in [6.07, 6.45) is 1.73. The second kappa shape index (κ2) is 9.23. The van der Waals surface area contributed by atoms with E-state index < -0.39 is 10.0 Å². The van der Waals surface area contributed by atoms with Crippen LogP contribution in [0.2, 0.25) is 0 Å². The number of carbonyl (C=O) groups is 1. The summed E-state index contributed by atoms with van der Waals surface area (Å²) in [6, 6.07) is 14.7. The van der Waals surface area contributed by atoms with Crippen molar-refractivity contribution in [2.24, 2.45) is 0 Å². The lowest BCUT2D eigenvalue weighted by atomic mass is 10.2. The van der Waals surface area contributed by atoms with Gasteiger partial charge in [0, 0.05) is 28.6 Å². The van der Waals surface area contributed by atoms with E-state index >= 15 is 0 Å². The third kappa shape index (κ3) is 6.07. The summed E-state index contributed by atoms with van der Waals surface area (Å²) in [5.74, 6) is 1.38. The van der Waals surface area contributed by atoms with Crippen LogP contribution in [0.15, 0.2) is 57.9 Å². The lowest BCUT2D eigenvalue weighted by Crippen LogP contribution is -2.28. The molecule has 1 aliphatic rings. The molecule has 2 aromatic rings. The lowest BCUT2D eigenvalue weighted by molar-refractivity contribution is 0.0955. The fraction of sp³-hybridized carbons (Fsp3) is 0.316. The average Bonchev–Trinajstić information content (AvgIpc) is 3.45. The first kappa shape index (κ1) is 20.4. The van der Waals surface area contributed by atoms with Crippen molar-refractivity contribution in [2.75, 3.05) is 12.3 Å². The Morgan fingerprint density at radius 2 is 1.89 bits per heavy atom. The number of thioether (sulfide) groups is 1. The van der Waals surface area contributed by atoms with Gasteiger partial charge in [-0.05, 0) is 52.5 Å². The van der Waals surface area contributed by atoms with Crippen LogP contribution in [0.3, 0.4) is 0 Å². The number of carbonyl (C=O) groups excluding carboxylic acids is 1. The van der Waals surface area contributed by atoms with Crippen molar-refractivity contribution in [1.29, 1.82) is 0 Å². The molecule has 5 nitrogen and oxygen atoms in total. The van der Waals surface area contributed by atoms with Gasteiger partial charge in [-0.25, -0.2) is 13.1 Å². The molecular weight excluding hydrogens is 448 g/mol. The zero-order valence-electron chi connectivity index (χ0n) is 14.7. The van der Waals surface area contributed by atoms with Gasteiger partial charge in [0.05, 0.1) is 10.5 Å². The van der Waals surface area contributed by atoms with Gasteiger partial charge in [0.25, 0.3) is 5.91 Å². The number of hydrogen-bond acceptors (Lipinski definition) is 4. The van der Waals surface area contributed by atoms with E-state index in [4.69, 9.17) is 0 Å². The predicted molar refractivity (Wildman–Crippen MR) is 112 cm³/mol. The highest BCUT2D eigenvalue weighted by Gasteiger charge is 2.28. The molecule has 0 radical (unpaired) electrons. The van der Waals surface area contributed by atoms with Crippen LogP contribution >= 0.6 is 27.7 Å².